The van der Waals surface area contributed by atoms with Gasteiger partial charge in [-0.15, -0.1) is 0 Å². The number of fused-ring (bicyclic) bond motifs is 1. The number of hydrogen-bond acceptors (Lipinski definition) is 3. The van der Waals surface area contributed by atoms with Crippen LogP contribution in [0.5, 0.6) is 0 Å². The summed E-state index contributed by atoms with van der Waals surface area (Å²) in [5, 5.41) is 0. The zero-order chi connectivity index (χ0) is 12.5. The van der Waals surface area contributed by atoms with Gasteiger partial charge in [-0.2, -0.15) is 0 Å². The monoisotopic (exact) mass is 238 g/mol. The summed E-state index contributed by atoms with van der Waals surface area (Å²) in [5.74, 6) is 0. The second-order valence-electron chi connectivity index (χ2n) is 4.33. The summed E-state index contributed by atoms with van der Waals surface area (Å²) in [7, 11) is 0. The van der Waals surface area contributed by atoms with Crippen molar-refractivity contribution < 1.29 is 0 Å². The second kappa shape index (κ2) is 4.23. The highest BCUT2D eigenvalue weighted by Gasteiger charge is 2.14. The number of aromatic nitrogens is 3. The molecule has 3 heterocycles. The normalized spacial score (nSPS) is 12.8. The van der Waals surface area contributed by atoms with E-state index < -0.39 is 0 Å². The molecule has 0 amide bonds. The van der Waals surface area contributed by atoms with Crippen molar-refractivity contribution in [2.75, 3.05) is 0 Å². The molecule has 3 rings (SSSR count). The van der Waals surface area contributed by atoms with E-state index in [9.17, 15) is 0 Å². The van der Waals surface area contributed by atoms with Crippen LogP contribution in [0.3, 0.4) is 0 Å². The maximum Gasteiger partial charge on any atom is 0.139 e. The van der Waals surface area contributed by atoms with Crippen molar-refractivity contribution in [3.05, 3.63) is 65.9 Å². The van der Waals surface area contributed by atoms with Crippen molar-refractivity contribution in [3.8, 4) is 0 Å². The van der Waals surface area contributed by atoms with Crippen molar-refractivity contribution in [1.29, 1.82) is 0 Å². The van der Waals surface area contributed by atoms with Gasteiger partial charge in [0.1, 0.15) is 5.65 Å². The van der Waals surface area contributed by atoms with E-state index in [0.29, 0.717) is 0 Å². The molecule has 0 aliphatic rings. The van der Waals surface area contributed by atoms with E-state index in [-0.39, 0.29) is 6.04 Å². The fourth-order valence-electron chi connectivity index (χ4n) is 2.13. The van der Waals surface area contributed by atoms with Crippen LogP contribution in [-0.4, -0.2) is 14.4 Å². The van der Waals surface area contributed by atoms with Gasteiger partial charge < -0.3 is 10.1 Å². The number of aryl methyl sites for hydroxylation is 1. The largest absolute Gasteiger partial charge is 0.319 e. The lowest BCUT2D eigenvalue weighted by Crippen LogP contribution is -2.14. The average Bonchev–Trinajstić information content (AvgIpc) is 2.84. The van der Waals surface area contributed by atoms with Crippen molar-refractivity contribution in [3.63, 3.8) is 0 Å². The lowest BCUT2D eigenvalue weighted by atomic mass is 10.1. The maximum atomic E-state index is 6.28. The van der Waals surface area contributed by atoms with Gasteiger partial charge in [-0.25, -0.2) is 4.98 Å². The summed E-state index contributed by atoms with van der Waals surface area (Å²) in [5.41, 5.74) is 10.3. The molecule has 0 saturated heterocycles. The summed E-state index contributed by atoms with van der Waals surface area (Å²) in [6.07, 6.45) is 7.36. The number of rotatable bonds is 2. The van der Waals surface area contributed by atoms with Crippen molar-refractivity contribution >= 4 is 5.65 Å². The summed E-state index contributed by atoms with van der Waals surface area (Å²) in [4.78, 5) is 8.53. The highest BCUT2D eigenvalue weighted by Crippen LogP contribution is 2.20. The second-order valence-corrected chi connectivity index (χ2v) is 4.33. The zero-order valence-electron chi connectivity index (χ0n) is 10.1. The smallest absolute Gasteiger partial charge is 0.139 e. The SMILES string of the molecule is Cc1cccn2c(C(N)c3cccnc3)cnc12. The lowest BCUT2D eigenvalue weighted by molar-refractivity contribution is 0.809. The molecule has 1 atom stereocenters. The van der Waals surface area contributed by atoms with Gasteiger partial charge in [0, 0.05) is 18.6 Å². The van der Waals surface area contributed by atoms with Gasteiger partial charge in [0.25, 0.3) is 0 Å². The molecule has 4 nitrogen and oxygen atoms in total. The van der Waals surface area contributed by atoms with Gasteiger partial charge in [-0.05, 0) is 30.2 Å². The van der Waals surface area contributed by atoms with Crippen LogP contribution < -0.4 is 5.73 Å². The number of pyridine rings is 2. The molecule has 3 aromatic heterocycles. The van der Waals surface area contributed by atoms with Gasteiger partial charge in [-0.3, -0.25) is 4.98 Å². The van der Waals surface area contributed by atoms with Gasteiger partial charge >= 0.3 is 0 Å². The summed E-state index contributed by atoms with van der Waals surface area (Å²) >= 11 is 0. The lowest BCUT2D eigenvalue weighted by Gasteiger charge is -2.11. The Morgan fingerprint density at radius 3 is 2.89 bits per heavy atom. The van der Waals surface area contributed by atoms with Gasteiger partial charge in [-0.1, -0.05) is 12.1 Å². The average molecular weight is 238 g/mol. The number of imidazole rings is 1. The third-order valence-electron chi connectivity index (χ3n) is 3.12. The molecule has 0 aliphatic heterocycles. The summed E-state index contributed by atoms with van der Waals surface area (Å²) in [6, 6.07) is 7.71. The molecule has 3 aromatic rings. The molecular formula is C14H14N4. The number of nitrogens with two attached hydrogens (primary N) is 1. The zero-order valence-corrected chi connectivity index (χ0v) is 10.1. The van der Waals surface area contributed by atoms with Crippen LogP contribution in [0.4, 0.5) is 0 Å². The maximum absolute atomic E-state index is 6.28. The molecule has 0 radical (unpaired) electrons. The van der Waals surface area contributed by atoms with E-state index in [4.69, 9.17) is 5.73 Å². The van der Waals surface area contributed by atoms with Gasteiger partial charge in [0.15, 0.2) is 0 Å². The fraction of sp³-hybridized carbons (Fsp3) is 0.143. The first-order valence-electron chi connectivity index (χ1n) is 5.85. The molecule has 0 aliphatic carbocycles. The number of hydrogen-bond donors (Lipinski definition) is 1. The standard InChI is InChI=1S/C14H14N4/c1-10-4-3-7-18-12(9-17-14(10)18)13(15)11-5-2-6-16-8-11/h2-9,13H,15H2,1H3. The third kappa shape index (κ3) is 1.67. The van der Waals surface area contributed by atoms with Crippen LogP contribution in [0, 0.1) is 6.92 Å². The Kier molecular flexibility index (Phi) is 2.57. The van der Waals surface area contributed by atoms with Crippen LogP contribution in [0.25, 0.3) is 5.65 Å². The van der Waals surface area contributed by atoms with Crippen LogP contribution in [-0.2, 0) is 0 Å². The van der Waals surface area contributed by atoms with Crippen LogP contribution >= 0.6 is 0 Å². The van der Waals surface area contributed by atoms with E-state index >= 15 is 0 Å². The first kappa shape index (κ1) is 10.9. The van der Waals surface area contributed by atoms with E-state index in [1.165, 1.54) is 0 Å². The highest BCUT2D eigenvalue weighted by molar-refractivity contribution is 5.49. The fourth-order valence-corrected chi connectivity index (χ4v) is 2.13. The Morgan fingerprint density at radius 1 is 1.22 bits per heavy atom. The van der Waals surface area contributed by atoms with Gasteiger partial charge in [0.05, 0.1) is 17.9 Å². The van der Waals surface area contributed by atoms with E-state index in [1.807, 2.05) is 48.0 Å². The minimum atomic E-state index is -0.213. The minimum absolute atomic E-state index is 0.213. The Labute approximate surface area is 105 Å². The van der Waals surface area contributed by atoms with Crippen molar-refractivity contribution in [2.45, 2.75) is 13.0 Å². The predicted octanol–water partition coefficient (Wildman–Crippen LogP) is 2.09. The molecule has 18 heavy (non-hydrogen) atoms. The quantitative estimate of drug-likeness (QED) is 0.743. The van der Waals surface area contributed by atoms with Crippen LogP contribution in [0.2, 0.25) is 0 Å². The Morgan fingerprint density at radius 2 is 2.11 bits per heavy atom. The Bertz CT molecular complexity index is 673. The first-order valence-corrected chi connectivity index (χ1v) is 5.85. The molecule has 0 spiro atoms. The highest BCUT2D eigenvalue weighted by atomic mass is 15.0. The molecule has 4 heteroatoms. The topological polar surface area (TPSA) is 56.2 Å². The molecule has 1 unspecified atom stereocenters. The predicted molar refractivity (Wildman–Crippen MR) is 70.2 cm³/mol. The van der Waals surface area contributed by atoms with E-state index in [0.717, 1.165) is 22.5 Å². The third-order valence-corrected chi connectivity index (χ3v) is 3.12. The van der Waals surface area contributed by atoms with Crippen molar-refractivity contribution in [1.82, 2.24) is 14.4 Å². The molecule has 0 bridgehead atoms. The molecule has 0 saturated carbocycles. The van der Waals surface area contributed by atoms with Crippen LogP contribution in [0.15, 0.2) is 49.1 Å². The Hall–Kier alpha value is -2.20. The molecule has 0 aromatic carbocycles. The minimum Gasteiger partial charge on any atom is -0.319 e. The van der Waals surface area contributed by atoms with Gasteiger partial charge in [0.2, 0.25) is 0 Å². The van der Waals surface area contributed by atoms with Crippen molar-refractivity contribution in [2.24, 2.45) is 5.73 Å². The molecule has 0 fully saturated rings. The van der Waals surface area contributed by atoms with E-state index in [2.05, 4.69) is 9.97 Å². The molecular weight excluding hydrogens is 224 g/mol. The molecule has 90 valence electrons. The molecule has 2 N–H and O–H groups in total. The first-order chi connectivity index (χ1) is 8.77. The summed E-state index contributed by atoms with van der Waals surface area (Å²) < 4.78 is 2.03. The Balaban J connectivity index is 2.13. The summed E-state index contributed by atoms with van der Waals surface area (Å²) in [6.45, 7) is 2.04. The van der Waals surface area contributed by atoms with E-state index in [1.54, 1.807) is 12.4 Å². The number of nitrogens with zero attached hydrogens (tertiary/aromatic N) is 3. The van der Waals surface area contributed by atoms with Crippen LogP contribution in [0.1, 0.15) is 22.9 Å².